The van der Waals surface area contributed by atoms with Crippen LogP contribution in [0.25, 0.3) is 11.4 Å². The van der Waals surface area contributed by atoms with Crippen molar-refractivity contribution in [3.05, 3.63) is 48.0 Å². The molecule has 0 radical (unpaired) electrons. The number of nitrogens with one attached hydrogen (secondary N) is 1. The van der Waals surface area contributed by atoms with Gasteiger partial charge in [0.15, 0.2) is 11.5 Å². The van der Waals surface area contributed by atoms with Crippen molar-refractivity contribution in [2.24, 2.45) is 0 Å². The quantitative estimate of drug-likeness (QED) is 0.569. The summed E-state index contributed by atoms with van der Waals surface area (Å²) < 4.78 is 53.9. The number of aromatic nitrogens is 4. The van der Waals surface area contributed by atoms with Gasteiger partial charge < -0.3 is 19.5 Å². The Balaban J connectivity index is 1.23. The summed E-state index contributed by atoms with van der Waals surface area (Å²) in [5.74, 6) is 1.58. The van der Waals surface area contributed by atoms with Gasteiger partial charge in [-0.05, 0) is 29.5 Å². The second-order valence-electron chi connectivity index (χ2n) is 6.43. The van der Waals surface area contributed by atoms with Gasteiger partial charge in [0.05, 0.1) is 12.1 Å². The van der Waals surface area contributed by atoms with Gasteiger partial charge in [0.2, 0.25) is 18.5 Å². The molecule has 0 saturated carbocycles. The second kappa shape index (κ2) is 8.50. The first-order chi connectivity index (χ1) is 14.9. The number of carbonyl (C=O) groups is 1. The molecule has 3 aromatic rings. The highest BCUT2D eigenvalue weighted by Crippen LogP contribution is 2.35. The molecule has 0 aliphatic carbocycles. The van der Waals surface area contributed by atoms with Crippen LogP contribution in [-0.2, 0) is 17.5 Å². The third-order valence-corrected chi connectivity index (χ3v) is 4.25. The van der Waals surface area contributed by atoms with Gasteiger partial charge in [0.1, 0.15) is 18.9 Å². The van der Waals surface area contributed by atoms with Crippen molar-refractivity contribution >= 4 is 5.91 Å². The van der Waals surface area contributed by atoms with Gasteiger partial charge >= 0.3 is 6.18 Å². The fourth-order valence-electron chi connectivity index (χ4n) is 2.74. The molecule has 1 N–H and O–H groups in total. The average Bonchev–Trinajstić information content (AvgIpc) is 3.40. The predicted molar refractivity (Wildman–Crippen MR) is 99.3 cm³/mol. The molecule has 2 aromatic carbocycles. The van der Waals surface area contributed by atoms with Gasteiger partial charge in [0, 0.05) is 11.6 Å². The molecule has 1 aromatic heterocycles. The van der Waals surface area contributed by atoms with E-state index in [9.17, 15) is 18.0 Å². The highest BCUT2D eigenvalue weighted by Gasteiger charge is 2.30. The minimum Gasteiger partial charge on any atom is -0.492 e. The molecule has 0 bridgehead atoms. The van der Waals surface area contributed by atoms with Gasteiger partial charge in [0.25, 0.3) is 0 Å². The number of benzene rings is 2. The summed E-state index contributed by atoms with van der Waals surface area (Å²) in [4.78, 5) is 13.1. The molecule has 0 saturated heterocycles. The van der Waals surface area contributed by atoms with E-state index < -0.39 is 11.7 Å². The highest BCUT2D eigenvalue weighted by atomic mass is 19.4. The third-order valence-electron chi connectivity index (χ3n) is 4.25. The molecule has 162 valence electrons. The molecule has 1 aliphatic heterocycles. The largest absolute Gasteiger partial charge is 0.492 e. The lowest BCUT2D eigenvalue weighted by Crippen LogP contribution is -2.31. The number of rotatable bonds is 7. The summed E-state index contributed by atoms with van der Waals surface area (Å²) in [6, 6.07) is 9.53. The molecule has 1 aliphatic rings. The number of ether oxygens (including phenoxy) is 3. The van der Waals surface area contributed by atoms with E-state index in [0.717, 1.165) is 16.9 Å². The minimum absolute atomic E-state index is 0.118. The maximum Gasteiger partial charge on any atom is 0.416 e. The molecule has 2 heterocycles. The van der Waals surface area contributed by atoms with Crippen LogP contribution in [0.2, 0.25) is 0 Å². The summed E-state index contributed by atoms with van der Waals surface area (Å²) in [6.07, 6.45) is -4.42. The fraction of sp³-hybridized carbons (Fsp3) is 0.263. The monoisotopic (exact) mass is 435 g/mol. The number of nitrogens with zero attached hydrogens (tertiary/aromatic N) is 4. The van der Waals surface area contributed by atoms with Crippen LogP contribution < -0.4 is 19.5 Å². The number of halogens is 3. The Hall–Kier alpha value is -3.83. The normalized spacial score (nSPS) is 12.6. The molecular weight excluding hydrogens is 419 g/mol. The number of hydrogen-bond acceptors (Lipinski definition) is 7. The van der Waals surface area contributed by atoms with Crippen molar-refractivity contribution in [3.8, 4) is 28.6 Å². The molecule has 4 rings (SSSR count). The first kappa shape index (κ1) is 20.4. The Morgan fingerprint density at radius 1 is 1.13 bits per heavy atom. The van der Waals surface area contributed by atoms with Gasteiger partial charge in [-0.2, -0.15) is 18.0 Å². The molecule has 9 nitrogen and oxygen atoms in total. The summed E-state index contributed by atoms with van der Waals surface area (Å²) in [7, 11) is 0. The van der Waals surface area contributed by atoms with Gasteiger partial charge in [-0.25, -0.2) is 0 Å². The standard InChI is InChI=1S/C19H16F3N5O4/c20-19(21,22)13-3-1-12(2-4-13)18-24-26-27(25-18)10-17(28)23-7-8-29-14-5-6-15-16(9-14)31-11-30-15/h1-6,9H,7-8,10-11H2,(H,23,28). The van der Waals surface area contributed by atoms with Crippen molar-refractivity contribution in [3.63, 3.8) is 0 Å². The maximum absolute atomic E-state index is 12.6. The van der Waals surface area contributed by atoms with Crippen LogP contribution in [0.1, 0.15) is 5.56 Å². The van der Waals surface area contributed by atoms with Crippen molar-refractivity contribution in [1.82, 2.24) is 25.5 Å². The van der Waals surface area contributed by atoms with Crippen molar-refractivity contribution in [2.45, 2.75) is 12.7 Å². The van der Waals surface area contributed by atoms with Gasteiger partial charge in [-0.15, -0.1) is 10.2 Å². The molecule has 0 atom stereocenters. The molecule has 1 amide bonds. The Bertz CT molecular complexity index is 1070. The smallest absolute Gasteiger partial charge is 0.416 e. The Morgan fingerprint density at radius 3 is 2.68 bits per heavy atom. The zero-order chi connectivity index (χ0) is 21.8. The van der Waals surface area contributed by atoms with E-state index in [2.05, 4.69) is 20.7 Å². The Labute approximate surface area is 173 Å². The lowest BCUT2D eigenvalue weighted by molar-refractivity contribution is -0.137. The molecule has 0 unspecified atom stereocenters. The third kappa shape index (κ3) is 5.02. The van der Waals surface area contributed by atoms with Crippen LogP contribution in [0.3, 0.4) is 0 Å². The first-order valence-electron chi connectivity index (χ1n) is 9.13. The summed E-state index contributed by atoms with van der Waals surface area (Å²) >= 11 is 0. The molecule has 0 spiro atoms. The van der Waals surface area contributed by atoms with E-state index in [-0.39, 0.29) is 38.2 Å². The number of tetrazole rings is 1. The fourth-order valence-corrected chi connectivity index (χ4v) is 2.74. The van der Waals surface area contributed by atoms with E-state index >= 15 is 0 Å². The Morgan fingerprint density at radius 2 is 1.90 bits per heavy atom. The zero-order valence-corrected chi connectivity index (χ0v) is 15.9. The van der Waals surface area contributed by atoms with Crippen LogP contribution in [0, 0.1) is 0 Å². The number of amides is 1. The second-order valence-corrected chi connectivity index (χ2v) is 6.43. The molecular formula is C19H16F3N5O4. The first-order valence-corrected chi connectivity index (χ1v) is 9.13. The van der Waals surface area contributed by atoms with Crippen LogP contribution in [-0.4, -0.2) is 46.1 Å². The summed E-state index contributed by atoms with van der Waals surface area (Å²) in [6.45, 7) is 0.449. The zero-order valence-electron chi connectivity index (χ0n) is 15.9. The van der Waals surface area contributed by atoms with E-state index in [1.165, 1.54) is 12.1 Å². The van der Waals surface area contributed by atoms with Crippen molar-refractivity contribution < 1.29 is 32.2 Å². The van der Waals surface area contributed by atoms with E-state index in [1.54, 1.807) is 18.2 Å². The summed E-state index contributed by atoms with van der Waals surface area (Å²) in [5.41, 5.74) is -0.414. The van der Waals surface area contributed by atoms with Crippen LogP contribution in [0.4, 0.5) is 13.2 Å². The molecule has 31 heavy (non-hydrogen) atoms. The number of fused-ring (bicyclic) bond motifs is 1. The van der Waals surface area contributed by atoms with Crippen LogP contribution in [0.15, 0.2) is 42.5 Å². The van der Waals surface area contributed by atoms with Gasteiger partial charge in [-0.3, -0.25) is 4.79 Å². The predicted octanol–water partition coefficient (Wildman–Crippen LogP) is 2.28. The van der Waals surface area contributed by atoms with E-state index in [1.807, 2.05) is 0 Å². The lowest BCUT2D eigenvalue weighted by Gasteiger charge is -2.08. The van der Waals surface area contributed by atoms with Crippen LogP contribution >= 0.6 is 0 Å². The van der Waals surface area contributed by atoms with E-state index in [0.29, 0.717) is 22.8 Å². The van der Waals surface area contributed by atoms with Gasteiger partial charge in [-0.1, -0.05) is 12.1 Å². The Kier molecular flexibility index (Phi) is 5.60. The summed E-state index contributed by atoms with van der Waals surface area (Å²) in [5, 5.41) is 14.2. The topological polar surface area (TPSA) is 100 Å². The lowest BCUT2D eigenvalue weighted by atomic mass is 10.1. The highest BCUT2D eigenvalue weighted by molar-refractivity contribution is 5.75. The number of hydrogen-bond donors (Lipinski definition) is 1. The van der Waals surface area contributed by atoms with E-state index in [4.69, 9.17) is 14.2 Å². The number of carbonyl (C=O) groups excluding carboxylic acids is 1. The van der Waals surface area contributed by atoms with Crippen molar-refractivity contribution in [1.29, 1.82) is 0 Å². The van der Waals surface area contributed by atoms with Crippen molar-refractivity contribution in [2.75, 3.05) is 19.9 Å². The number of alkyl halides is 3. The average molecular weight is 435 g/mol. The maximum atomic E-state index is 12.6. The molecule has 0 fully saturated rings. The minimum atomic E-state index is -4.42. The molecule has 12 heteroatoms. The van der Waals surface area contributed by atoms with Crippen LogP contribution in [0.5, 0.6) is 17.2 Å². The SMILES string of the molecule is O=C(Cn1nnc(-c2ccc(C(F)(F)F)cc2)n1)NCCOc1ccc2c(c1)OCO2.